The number of nitrogens with zero attached hydrogens (tertiary/aromatic N) is 2. The van der Waals surface area contributed by atoms with Crippen LogP contribution in [0.5, 0.6) is 0 Å². The van der Waals surface area contributed by atoms with Crippen molar-refractivity contribution in [3.63, 3.8) is 0 Å². The second-order valence-corrected chi connectivity index (χ2v) is 2.54. The largest absolute Gasteiger partial charge is 0.372 e. The topological polar surface area (TPSA) is 27.6 Å². The Hall–Kier alpha value is -0.350. The third-order valence-electron chi connectivity index (χ3n) is 1.37. The molecule has 0 aromatic carbocycles. The van der Waals surface area contributed by atoms with Gasteiger partial charge in [0.05, 0.1) is 12.9 Å². The molecule has 0 fully saturated rings. The van der Waals surface area contributed by atoms with Gasteiger partial charge in [-0.05, 0) is 6.42 Å². The van der Waals surface area contributed by atoms with E-state index in [9.17, 15) is 4.48 Å². The van der Waals surface area contributed by atoms with Crippen LogP contribution in [-0.2, 0) is 0 Å². The summed E-state index contributed by atoms with van der Waals surface area (Å²) < 4.78 is 12.1. The monoisotopic (exact) mass is 165 g/mol. The predicted octanol–water partition coefficient (Wildman–Crippen LogP) is 0.717. The molecule has 0 aliphatic carbocycles. The Kier molecular flexibility index (Phi) is 2.89. The lowest BCUT2D eigenvalue weighted by atomic mass is 10.2. The number of rotatable bonds is 3. The van der Waals surface area contributed by atoms with Crippen molar-refractivity contribution in [1.82, 2.24) is 9.96 Å². The van der Waals surface area contributed by atoms with E-state index in [2.05, 4.69) is 10.3 Å². The number of hydrogen-bond acceptors (Lipinski definition) is 3. The minimum Gasteiger partial charge on any atom is -0.372 e. The first-order chi connectivity index (χ1) is 4.79. The zero-order chi connectivity index (χ0) is 7.40. The molecule has 0 spiro atoms. The van der Waals surface area contributed by atoms with Crippen molar-refractivity contribution in [1.29, 1.82) is 0 Å². The molecule has 3 nitrogen and oxygen atoms in total. The Morgan fingerprint density at radius 3 is 3.20 bits per heavy atom. The van der Waals surface area contributed by atoms with E-state index in [-0.39, 0.29) is 17.2 Å². The molecule has 1 aliphatic heterocycles. The summed E-state index contributed by atoms with van der Waals surface area (Å²) in [5.74, 6) is 0. The molecule has 1 atom stereocenters. The van der Waals surface area contributed by atoms with Crippen molar-refractivity contribution in [2.75, 3.05) is 13.1 Å². The van der Waals surface area contributed by atoms with Crippen molar-refractivity contribution < 1.29 is 4.48 Å². The lowest BCUT2D eigenvalue weighted by Crippen LogP contribution is -2.27. The SMILES string of the molecule is FN(Cl)CCC1CN=CN1. The second-order valence-electron chi connectivity index (χ2n) is 2.17. The van der Waals surface area contributed by atoms with Crippen molar-refractivity contribution in [3.8, 4) is 0 Å². The summed E-state index contributed by atoms with van der Waals surface area (Å²) in [7, 11) is 0. The van der Waals surface area contributed by atoms with Crippen LogP contribution in [0.3, 0.4) is 0 Å². The van der Waals surface area contributed by atoms with E-state index in [4.69, 9.17) is 11.8 Å². The van der Waals surface area contributed by atoms with Gasteiger partial charge < -0.3 is 5.32 Å². The highest BCUT2D eigenvalue weighted by molar-refractivity contribution is 6.12. The maximum Gasteiger partial charge on any atom is 0.0827 e. The normalized spacial score (nSPS) is 23.7. The molecule has 58 valence electrons. The van der Waals surface area contributed by atoms with Gasteiger partial charge in [-0.15, -0.1) is 4.48 Å². The lowest BCUT2D eigenvalue weighted by molar-refractivity contribution is 0.141. The highest BCUT2D eigenvalue weighted by Crippen LogP contribution is 2.01. The lowest BCUT2D eigenvalue weighted by Gasteiger charge is -2.08. The first-order valence-electron chi connectivity index (χ1n) is 3.12. The van der Waals surface area contributed by atoms with E-state index < -0.39 is 0 Å². The van der Waals surface area contributed by atoms with Crippen LogP contribution in [0.4, 0.5) is 4.48 Å². The Balaban J connectivity index is 2.03. The van der Waals surface area contributed by atoms with Crippen LogP contribution in [0.25, 0.3) is 0 Å². The zero-order valence-electron chi connectivity index (χ0n) is 5.43. The third kappa shape index (κ3) is 2.49. The Labute approximate surface area is 63.9 Å². The first kappa shape index (κ1) is 7.75. The van der Waals surface area contributed by atoms with Crippen LogP contribution in [0.1, 0.15) is 6.42 Å². The molecule has 1 N–H and O–H groups in total. The van der Waals surface area contributed by atoms with Gasteiger partial charge in [0, 0.05) is 24.4 Å². The van der Waals surface area contributed by atoms with Crippen LogP contribution in [0, 0.1) is 0 Å². The van der Waals surface area contributed by atoms with Crippen molar-refractivity contribution in [3.05, 3.63) is 0 Å². The highest BCUT2D eigenvalue weighted by Gasteiger charge is 2.10. The van der Waals surface area contributed by atoms with Crippen molar-refractivity contribution in [2.45, 2.75) is 12.5 Å². The fraction of sp³-hybridized carbons (Fsp3) is 0.800. The van der Waals surface area contributed by atoms with Crippen molar-refractivity contribution in [2.24, 2.45) is 4.99 Å². The van der Waals surface area contributed by atoms with E-state index in [1.807, 2.05) is 0 Å². The van der Waals surface area contributed by atoms with Crippen LogP contribution in [0.15, 0.2) is 4.99 Å². The summed E-state index contributed by atoms with van der Waals surface area (Å²) in [5, 5.41) is 2.97. The average Bonchev–Trinajstić information content (AvgIpc) is 2.34. The van der Waals surface area contributed by atoms with E-state index in [1.165, 1.54) is 0 Å². The van der Waals surface area contributed by atoms with Crippen LogP contribution in [-0.4, -0.2) is 30.1 Å². The van der Waals surface area contributed by atoms with Crippen LogP contribution < -0.4 is 5.32 Å². The number of nitrogens with one attached hydrogen (secondary N) is 1. The molecule has 0 bridgehead atoms. The smallest absolute Gasteiger partial charge is 0.0827 e. The number of halogens is 2. The molecule has 5 heteroatoms. The van der Waals surface area contributed by atoms with E-state index in [0.717, 1.165) is 6.54 Å². The maximum absolute atomic E-state index is 11.9. The standard InChI is InChI=1S/C5H9ClFN3/c6-10(7)2-1-5-3-8-4-9-5/h4-5H,1-3H2,(H,8,9). The van der Waals surface area contributed by atoms with Crippen LogP contribution >= 0.6 is 11.8 Å². The van der Waals surface area contributed by atoms with E-state index >= 15 is 0 Å². The average molecular weight is 166 g/mol. The quantitative estimate of drug-likeness (QED) is 0.624. The summed E-state index contributed by atoms with van der Waals surface area (Å²) in [6, 6.07) is 0.261. The van der Waals surface area contributed by atoms with E-state index in [1.54, 1.807) is 6.34 Å². The summed E-state index contributed by atoms with van der Waals surface area (Å²) in [6.45, 7) is 0.966. The first-order valence-corrected chi connectivity index (χ1v) is 3.46. The Morgan fingerprint density at radius 1 is 1.90 bits per heavy atom. The van der Waals surface area contributed by atoms with Gasteiger partial charge >= 0.3 is 0 Å². The van der Waals surface area contributed by atoms with Gasteiger partial charge in [0.25, 0.3) is 0 Å². The molecule has 0 aromatic rings. The molecular weight excluding hydrogens is 157 g/mol. The number of aliphatic imine (C=N–C) groups is 1. The molecule has 1 aliphatic rings. The third-order valence-corrected chi connectivity index (χ3v) is 1.54. The van der Waals surface area contributed by atoms with Crippen LogP contribution in [0.2, 0.25) is 0 Å². The fourth-order valence-electron chi connectivity index (χ4n) is 0.819. The predicted molar refractivity (Wildman–Crippen MR) is 38.6 cm³/mol. The maximum atomic E-state index is 11.9. The molecule has 0 radical (unpaired) electrons. The summed E-state index contributed by atoms with van der Waals surface area (Å²) in [5.41, 5.74) is 0. The van der Waals surface area contributed by atoms with E-state index in [0.29, 0.717) is 6.42 Å². The molecule has 10 heavy (non-hydrogen) atoms. The van der Waals surface area contributed by atoms with Gasteiger partial charge in [-0.25, -0.2) is 0 Å². The molecule has 1 rings (SSSR count). The van der Waals surface area contributed by atoms with Gasteiger partial charge in [-0.2, -0.15) is 0 Å². The van der Waals surface area contributed by atoms with Gasteiger partial charge in [-0.1, -0.05) is 4.64 Å². The molecule has 0 saturated carbocycles. The summed E-state index contributed by atoms with van der Waals surface area (Å²) in [6.07, 6.45) is 2.32. The molecule has 0 amide bonds. The van der Waals surface area contributed by atoms with Crippen molar-refractivity contribution >= 4 is 18.1 Å². The van der Waals surface area contributed by atoms with Gasteiger partial charge in [0.15, 0.2) is 0 Å². The minimum absolute atomic E-state index is 0.167. The Morgan fingerprint density at radius 2 is 2.70 bits per heavy atom. The molecule has 0 saturated heterocycles. The molecule has 1 unspecified atom stereocenters. The van der Waals surface area contributed by atoms with Gasteiger partial charge in [0.2, 0.25) is 0 Å². The minimum atomic E-state index is 0.167. The van der Waals surface area contributed by atoms with Gasteiger partial charge in [-0.3, -0.25) is 4.99 Å². The Bertz CT molecular complexity index is 120. The molecular formula is C5H9ClFN3. The molecule has 1 heterocycles. The molecule has 0 aromatic heterocycles. The summed E-state index contributed by atoms with van der Waals surface area (Å²) >= 11 is 4.95. The summed E-state index contributed by atoms with van der Waals surface area (Å²) in [4.78, 5) is 3.92. The fourth-order valence-corrected chi connectivity index (χ4v) is 0.916. The van der Waals surface area contributed by atoms with Gasteiger partial charge in [0.1, 0.15) is 0 Å². The second kappa shape index (κ2) is 3.73. The zero-order valence-corrected chi connectivity index (χ0v) is 6.18. The highest BCUT2D eigenvalue weighted by atomic mass is 35.5. The number of hydrogen-bond donors (Lipinski definition) is 1.